The lowest BCUT2D eigenvalue weighted by Crippen LogP contribution is -2.19. The summed E-state index contributed by atoms with van der Waals surface area (Å²) in [6.45, 7) is 8.19. The lowest BCUT2D eigenvalue weighted by Gasteiger charge is -2.16. The highest BCUT2D eigenvalue weighted by Crippen LogP contribution is 2.22. The minimum atomic E-state index is 0.286. The van der Waals surface area contributed by atoms with Gasteiger partial charge in [-0.3, -0.25) is 0 Å². The van der Waals surface area contributed by atoms with Gasteiger partial charge in [0.1, 0.15) is 0 Å². The Balaban J connectivity index is 2.48. The van der Waals surface area contributed by atoms with Gasteiger partial charge < -0.3 is 10.1 Å². The smallest absolute Gasteiger partial charge is 0.218 e. The van der Waals surface area contributed by atoms with E-state index in [1.165, 1.54) is 19.3 Å². The van der Waals surface area contributed by atoms with Crippen molar-refractivity contribution in [1.29, 1.82) is 0 Å². The SMILES string of the molecule is CCCCCCOc1ncccc1C(C)NCC. The maximum Gasteiger partial charge on any atom is 0.218 e. The number of aromatic nitrogens is 1. The fourth-order valence-electron chi connectivity index (χ4n) is 1.97. The van der Waals surface area contributed by atoms with Crippen molar-refractivity contribution in [1.82, 2.24) is 10.3 Å². The third-order valence-electron chi connectivity index (χ3n) is 3.01. The van der Waals surface area contributed by atoms with Crippen LogP contribution in [0.5, 0.6) is 5.88 Å². The molecule has 0 radical (unpaired) electrons. The van der Waals surface area contributed by atoms with Crippen molar-refractivity contribution in [3.63, 3.8) is 0 Å². The average molecular weight is 250 g/mol. The van der Waals surface area contributed by atoms with E-state index in [0.29, 0.717) is 0 Å². The first-order valence-corrected chi connectivity index (χ1v) is 7.10. The van der Waals surface area contributed by atoms with E-state index in [1.807, 2.05) is 6.07 Å². The van der Waals surface area contributed by atoms with Gasteiger partial charge >= 0.3 is 0 Å². The maximum absolute atomic E-state index is 5.80. The molecule has 1 rings (SSSR count). The summed E-state index contributed by atoms with van der Waals surface area (Å²) in [5.41, 5.74) is 1.15. The van der Waals surface area contributed by atoms with Gasteiger partial charge in [0, 0.05) is 17.8 Å². The molecule has 0 saturated carbocycles. The maximum atomic E-state index is 5.80. The average Bonchev–Trinajstić information content (AvgIpc) is 2.39. The summed E-state index contributed by atoms with van der Waals surface area (Å²) < 4.78 is 5.80. The van der Waals surface area contributed by atoms with E-state index in [-0.39, 0.29) is 6.04 Å². The van der Waals surface area contributed by atoms with Crippen molar-refractivity contribution < 1.29 is 4.74 Å². The molecule has 3 heteroatoms. The molecule has 0 saturated heterocycles. The highest BCUT2D eigenvalue weighted by Gasteiger charge is 2.11. The summed E-state index contributed by atoms with van der Waals surface area (Å²) in [5, 5.41) is 3.39. The van der Waals surface area contributed by atoms with Gasteiger partial charge in [-0.1, -0.05) is 39.2 Å². The first-order chi connectivity index (χ1) is 8.79. The summed E-state index contributed by atoms with van der Waals surface area (Å²) in [5.74, 6) is 0.780. The predicted molar refractivity (Wildman–Crippen MR) is 76.0 cm³/mol. The molecule has 1 aromatic rings. The van der Waals surface area contributed by atoms with Gasteiger partial charge in [-0.25, -0.2) is 4.98 Å². The number of hydrogen-bond acceptors (Lipinski definition) is 3. The molecule has 1 heterocycles. The number of nitrogens with one attached hydrogen (secondary N) is 1. The number of hydrogen-bond donors (Lipinski definition) is 1. The number of nitrogens with zero attached hydrogens (tertiary/aromatic N) is 1. The Labute approximate surface area is 111 Å². The second-order valence-electron chi connectivity index (χ2n) is 4.59. The topological polar surface area (TPSA) is 34.1 Å². The molecule has 0 amide bonds. The van der Waals surface area contributed by atoms with E-state index in [1.54, 1.807) is 6.20 Å². The summed E-state index contributed by atoms with van der Waals surface area (Å²) in [4.78, 5) is 4.34. The molecular weight excluding hydrogens is 224 g/mol. The van der Waals surface area contributed by atoms with E-state index in [9.17, 15) is 0 Å². The van der Waals surface area contributed by atoms with Crippen LogP contribution in [-0.2, 0) is 0 Å². The first kappa shape index (κ1) is 15.0. The largest absolute Gasteiger partial charge is 0.477 e. The van der Waals surface area contributed by atoms with E-state index in [2.05, 4.69) is 37.1 Å². The predicted octanol–water partition coefficient (Wildman–Crippen LogP) is 3.71. The molecule has 3 nitrogen and oxygen atoms in total. The molecular formula is C15H26N2O. The van der Waals surface area contributed by atoms with Crippen LogP contribution in [-0.4, -0.2) is 18.1 Å². The number of rotatable bonds is 9. The van der Waals surface area contributed by atoms with Crippen LogP contribution in [0.25, 0.3) is 0 Å². The third-order valence-corrected chi connectivity index (χ3v) is 3.01. The van der Waals surface area contributed by atoms with Crippen molar-refractivity contribution in [2.45, 2.75) is 52.5 Å². The molecule has 0 bridgehead atoms. The summed E-state index contributed by atoms with van der Waals surface area (Å²) in [6.07, 6.45) is 6.68. The van der Waals surface area contributed by atoms with Gasteiger partial charge in [-0.2, -0.15) is 0 Å². The van der Waals surface area contributed by atoms with E-state index >= 15 is 0 Å². The molecule has 1 unspecified atom stereocenters. The summed E-state index contributed by atoms with van der Waals surface area (Å²) in [6, 6.07) is 4.34. The molecule has 0 aromatic carbocycles. The van der Waals surface area contributed by atoms with Crippen molar-refractivity contribution >= 4 is 0 Å². The quantitative estimate of drug-likeness (QED) is 0.678. The van der Waals surface area contributed by atoms with Crippen molar-refractivity contribution in [2.75, 3.05) is 13.2 Å². The van der Waals surface area contributed by atoms with Crippen LogP contribution < -0.4 is 10.1 Å². The fraction of sp³-hybridized carbons (Fsp3) is 0.667. The Kier molecular flexibility index (Phi) is 7.42. The molecule has 1 N–H and O–H groups in total. The van der Waals surface area contributed by atoms with Crippen LogP contribution in [0.15, 0.2) is 18.3 Å². The highest BCUT2D eigenvalue weighted by atomic mass is 16.5. The monoisotopic (exact) mass is 250 g/mol. The third kappa shape index (κ3) is 5.05. The molecule has 0 aliphatic rings. The molecule has 18 heavy (non-hydrogen) atoms. The lowest BCUT2D eigenvalue weighted by atomic mass is 10.1. The van der Waals surface area contributed by atoms with Crippen LogP contribution in [0.2, 0.25) is 0 Å². The Morgan fingerprint density at radius 3 is 2.83 bits per heavy atom. The molecule has 0 aliphatic carbocycles. The van der Waals surface area contributed by atoms with Crippen LogP contribution in [0.3, 0.4) is 0 Å². The lowest BCUT2D eigenvalue weighted by molar-refractivity contribution is 0.288. The van der Waals surface area contributed by atoms with Gasteiger partial charge in [0.25, 0.3) is 0 Å². The number of pyridine rings is 1. The van der Waals surface area contributed by atoms with Gasteiger partial charge in [-0.05, 0) is 26.0 Å². The van der Waals surface area contributed by atoms with Gasteiger partial charge in [0.2, 0.25) is 5.88 Å². The van der Waals surface area contributed by atoms with Crippen molar-refractivity contribution in [3.8, 4) is 5.88 Å². The van der Waals surface area contributed by atoms with Crippen molar-refractivity contribution in [2.24, 2.45) is 0 Å². The zero-order chi connectivity index (χ0) is 13.2. The Morgan fingerprint density at radius 1 is 1.28 bits per heavy atom. The van der Waals surface area contributed by atoms with Crippen LogP contribution in [0.1, 0.15) is 58.1 Å². The molecule has 0 aliphatic heterocycles. The van der Waals surface area contributed by atoms with Crippen molar-refractivity contribution in [3.05, 3.63) is 23.9 Å². The highest BCUT2D eigenvalue weighted by molar-refractivity contribution is 5.28. The standard InChI is InChI=1S/C15H26N2O/c1-4-6-7-8-12-18-15-14(10-9-11-17-15)13(3)16-5-2/h9-11,13,16H,4-8,12H2,1-3H3. The molecule has 0 fully saturated rings. The van der Waals surface area contributed by atoms with E-state index in [0.717, 1.165) is 31.0 Å². The van der Waals surface area contributed by atoms with Gasteiger partial charge in [0.05, 0.1) is 6.61 Å². The minimum absolute atomic E-state index is 0.286. The molecule has 1 aromatic heterocycles. The Hall–Kier alpha value is -1.09. The molecule has 102 valence electrons. The zero-order valence-corrected chi connectivity index (χ0v) is 11.9. The van der Waals surface area contributed by atoms with E-state index < -0.39 is 0 Å². The van der Waals surface area contributed by atoms with Crippen LogP contribution in [0.4, 0.5) is 0 Å². The zero-order valence-electron chi connectivity index (χ0n) is 11.9. The summed E-state index contributed by atoms with van der Waals surface area (Å²) in [7, 11) is 0. The van der Waals surface area contributed by atoms with Gasteiger partial charge in [-0.15, -0.1) is 0 Å². The second-order valence-corrected chi connectivity index (χ2v) is 4.59. The normalized spacial score (nSPS) is 12.4. The molecule has 0 spiro atoms. The Morgan fingerprint density at radius 2 is 2.11 bits per heavy atom. The first-order valence-electron chi connectivity index (χ1n) is 7.10. The van der Waals surface area contributed by atoms with E-state index in [4.69, 9.17) is 4.74 Å². The Bertz CT molecular complexity index is 328. The fourth-order valence-corrected chi connectivity index (χ4v) is 1.97. The second kappa shape index (κ2) is 8.92. The molecule has 1 atom stereocenters. The minimum Gasteiger partial charge on any atom is -0.477 e. The van der Waals surface area contributed by atoms with Gasteiger partial charge in [0.15, 0.2) is 0 Å². The number of unbranched alkanes of at least 4 members (excludes halogenated alkanes) is 3. The van der Waals surface area contributed by atoms with Crippen LogP contribution >= 0.6 is 0 Å². The number of ether oxygens (including phenoxy) is 1. The van der Waals surface area contributed by atoms with Crippen LogP contribution in [0, 0.1) is 0 Å². The summed E-state index contributed by atoms with van der Waals surface area (Å²) >= 11 is 0.